The summed E-state index contributed by atoms with van der Waals surface area (Å²) in [5, 5.41) is 2.80. The van der Waals surface area contributed by atoms with Gasteiger partial charge in [-0.15, -0.1) is 0 Å². The molecule has 1 fully saturated rings. The van der Waals surface area contributed by atoms with Gasteiger partial charge in [0.15, 0.2) is 9.84 Å². The lowest BCUT2D eigenvalue weighted by atomic mass is 10.3. The molecular formula is C11H17N3O4S2. The van der Waals surface area contributed by atoms with E-state index in [-0.39, 0.29) is 16.4 Å². The maximum atomic E-state index is 12.6. The summed E-state index contributed by atoms with van der Waals surface area (Å²) in [6.45, 7) is 0. The smallest absolute Gasteiger partial charge is 0.246 e. The van der Waals surface area contributed by atoms with E-state index in [2.05, 4.69) is 10.3 Å². The van der Waals surface area contributed by atoms with Gasteiger partial charge in [-0.2, -0.15) is 4.31 Å². The van der Waals surface area contributed by atoms with E-state index >= 15 is 0 Å². The van der Waals surface area contributed by atoms with Gasteiger partial charge >= 0.3 is 0 Å². The molecule has 0 radical (unpaired) electrons. The van der Waals surface area contributed by atoms with Gasteiger partial charge in [0.05, 0.1) is 17.2 Å². The van der Waals surface area contributed by atoms with Crippen LogP contribution < -0.4 is 5.32 Å². The Morgan fingerprint density at radius 3 is 2.70 bits per heavy atom. The molecule has 2 rings (SSSR count). The fourth-order valence-electron chi connectivity index (χ4n) is 2.21. The summed E-state index contributed by atoms with van der Waals surface area (Å²) in [7, 11) is -3.88. The molecule has 0 amide bonds. The van der Waals surface area contributed by atoms with Gasteiger partial charge < -0.3 is 5.32 Å². The summed E-state index contributed by atoms with van der Waals surface area (Å²) in [5.74, 6) is -0.0959. The second-order valence-corrected chi connectivity index (χ2v) is 8.89. The molecule has 1 aromatic heterocycles. The Labute approximate surface area is 119 Å². The molecule has 0 saturated carbocycles. The number of nitrogens with one attached hydrogen (secondary N) is 1. The normalized spacial score (nSPS) is 22.1. The van der Waals surface area contributed by atoms with Gasteiger partial charge in [-0.25, -0.2) is 16.8 Å². The number of anilines is 1. The van der Waals surface area contributed by atoms with E-state index in [1.165, 1.54) is 19.4 Å². The second kappa shape index (κ2) is 5.30. The van der Waals surface area contributed by atoms with Crippen LogP contribution in [0.2, 0.25) is 0 Å². The molecule has 9 heteroatoms. The van der Waals surface area contributed by atoms with Gasteiger partial charge in [-0.1, -0.05) is 0 Å². The van der Waals surface area contributed by atoms with Gasteiger partial charge in [0.1, 0.15) is 4.90 Å². The number of hydrogen-bond acceptors (Lipinski definition) is 6. The van der Waals surface area contributed by atoms with Crippen molar-refractivity contribution in [1.29, 1.82) is 0 Å². The van der Waals surface area contributed by atoms with Crippen LogP contribution in [-0.4, -0.2) is 57.8 Å². The van der Waals surface area contributed by atoms with E-state index in [0.29, 0.717) is 12.1 Å². The van der Waals surface area contributed by atoms with E-state index in [9.17, 15) is 16.8 Å². The zero-order valence-corrected chi connectivity index (χ0v) is 12.9. The lowest BCUT2D eigenvalue weighted by molar-refractivity contribution is 0.394. The minimum absolute atomic E-state index is 0.0312. The topological polar surface area (TPSA) is 96.4 Å². The summed E-state index contributed by atoms with van der Waals surface area (Å²) >= 11 is 0. The molecule has 1 saturated heterocycles. The number of hydrogen-bond donors (Lipinski definition) is 1. The third kappa shape index (κ3) is 2.79. The van der Waals surface area contributed by atoms with Crippen LogP contribution in [0.4, 0.5) is 5.69 Å². The lowest BCUT2D eigenvalue weighted by Gasteiger charge is -2.23. The first-order valence-electron chi connectivity index (χ1n) is 6.08. The van der Waals surface area contributed by atoms with Gasteiger partial charge in [0.2, 0.25) is 10.0 Å². The standard InChI is InChI=1S/C11H17N3O4S2/c1-12-10-3-5-13-7-11(10)20(17,18)14(2)9-4-6-19(15,16)8-9/h3,5,7,9H,4,6,8H2,1-2H3,(H,12,13). The van der Waals surface area contributed by atoms with Crippen LogP contribution >= 0.6 is 0 Å². The Morgan fingerprint density at radius 1 is 1.45 bits per heavy atom. The summed E-state index contributed by atoms with van der Waals surface area (Å²) in [4.78, 5) is 3.88. The number of sulfone groups is 1. The zero-order chi connectivity index (χ0) is 15.0. The van der Waals surface area contributed by atoms with Crippen molar-refractivity contribution in [1.82, 2.24) is 9.29 Å². The van der Waals surface area contributed by atoms with Crippen molar-refractivity contribution in [2.45, 2.75) is 17.4 Å². The van der Waals surface area contributed by atoms with Crippen molar-refractivity contribution in [3.05, 3.63) is 18.5 Å². The van der Waals surface area contributed by atoms with Crippen LogP contribution in [-0.2, 0) is 19.9 Å². The molecule has 20 heavy (non-hydrogen) atoms. The second-order valence-electron chi connectivity index (χ2n) is 4.70. The van der Waals surface area contributed by atoms with E-state index in [1.807, 2.05) is 0 Å². The average Bonchev–Trinajstić information content (AvgIpc) is 2.78. The first-order chi connectivity index (χ1) is 9.28. The van der Waals surface area contributed by atoms with Crippen molar-refractivity contribution in [3.63, 3.8) is 0 Å². The van der Waals surface area contributed by atoms with E-state index in [4.69, 9.17) is 0 Å². The Balaban J connectivity index is 2.35. The van der Waals surface area contributed by atoms with Gasteiger partial charge in [-0.3, -0.25) is 4.98 Å². The summed E-state index contributed by atoms with van der Waals surface area (Å²) in [5.41, 5.74) is 0.438. The summed E-state index contributed by atoms with van der Waals surface area (Å²) in [6, 6.07) is 1.04. The molecule has 7 nitrogen and oxygen atoms in total. The first-order valence-corrected chi connectivity index (χ1v) is 9.34. The molecule has 0 spiro atoms. The minimum Gasteiger partial charge on any atom is -0.387 e. The van der Waals surface area contributed by atoms with Crippen LogP contribution in [0.3, 0.4) is 0 Å². The summed E-state index contributed by atoms with van der Waals surface area (Å²) in [6.07, 6.45) is 3.08. The molecular weight excluding hydrogens is 302 g/mol. The fraction of sp³-hybridized carbons (Fsp3) is 0.545. The Morgan fingerprint density at radius 2 is 2.15 bits per heavy atom. The van der Waals surface area contributed by atoms with Gasteiger partial charge in [-0.05, 0) is 12.5 Å². The highest BCUT2D eigenvalue weighted by Crippen LogP contribution is 2.26. The maximum Gasteiger partial charge on any atom is 0.246 e. The number of rotatable bonds is 4. The molecule has 0 bridgehead atoms. The largest absolute Gasteiger partial charge is 0.387 e. The quantitative estimate of drug-likeness (QED) is 0.834. The van der Waals surface area contributed by atoms with Crippen LogP contribution in [0.5, 0.6) is 0 Å². The van der Waals surface area contributed by atoms with Crippen LogP contribution in [0.1, 0.15) is 6.42 Å². The van der Waals surface area contributed by atoms with E-state index in [0.717, 1.165) is 4.31 Å². The van der Waals surface area contributed by atoms with E-state index < -0.39 is 25.9 Å². The molecule has 1 N–H and O–H groups in total. The molecule has 112 valence electrons. The van der Waals surface area contributed by atoms with Gasteiger partial charge in [0, 0.05) is 32.5 Å². The van der Waals surface area contributed by atoms with Crippen molar-refractivity contribution < 1.29 is 16.8 Å². The van der Waals surface area contributed by atoms with E-state index in [1.54, 1.807) is 13.1 Å². The number of aromatic nitrogens is 1. The Hall–Kier alpha value is -1.19. The molecule has 1 aliphatic rings. The number of sulfonamides is 1. The predicted molar refractivity (Wildman–Crippen MR) is 75.8 cm³/mol. The highest BCUT2D eigenvalue weighted by molar-refractivity contribution is 7.92. The molecule has 2 heterocycles. The Kier molecular flexibility index (Phi) is 4.03. The molecule has 0 aromatic carbocycles. The zero-order valence-electron chi connectivity index (χ0n) is 11.3. The van der Waals surface area contributed by atoms with Crippen molar-refractivity contribution in [2.24, 2.45) is 0 Å². The molecule has 0 aliphatic carbocycles. The molecule has 1 aliphatic heterocycles. The number of nitrogens with zero attached hydrogens (tertiary/aromatic N) is 2. The van der Waals surface area contributed by atoms with Crippen molar-refractivity contribution in [3.8, 4) is 0 Å². The third-order valence-electron chi connectivity index (χ3n) is 3.43. The number of pyridine rings is 1. The summed E-state index contributed by atoms with van der Waals surface area (Å²) < 4.78 is 49.2. The SMILES string of the molecule is CNc1ccncc1S(=O)(=O)N(C)C1CCS(=O)(=O)C1. The third-order valence-corrected chi connectivity index (χ3v) is 7.12. The van der Waals surface area contributed by atoms with Gasteiger partial charge in [0.25, 0.3) is 0 Å². The van der Waals surface area contributed by atoms with Crippen LogP contribution in [0.25, 0.3) is 0 Å². The predicted octanol–water partition coefficient (Wildman–Crippen LogP) is -0.0691. The van der Waals surface area contributed by atoms with Crippen LogP contribution in [0.15, 0.2) is 23.4 Å². The first kappa shape index (κ1) is 15.2. The Bertz CT molecular complexity index is 700. The van der Waals surface area contributed by atoms with Crippen molar-refractivity contribution >= 4 is 25.5 Å². The monoisotopic (exact) mass is 319 g/mol. The maximum absolute atomic E-state index is 12.6. The highest BCUT2D eigenvalue weighted by Gasteiger charge is 2.37. The van der Waals surface area contributed by atoms with Crippen LogP contribution in [0, 0.1) is 0 Å². The van der Waals surface area contributed by atoms with Crippen molar-refractivity contribution in [2.75, 3.05) is 30.9 Å². The molecule has 1 aromatic rings. The molecule has 1 unspecified atom stereocenters. The average molecular weight is 319 g/mol. The minimum atomic E-state index is -3.77. The molecule has 1 atom stereocenters. The highest BCUT2D eigenvalue weighted by atomic mass is 32.2. The fourth-order valence-corrected chi connectivity index (χ4v) is 5.60. The lowest BCUT2D eigenvalue weighted by Crippen LogP contribution is -2.38.